The van der Waals surface area contributed by atoms with Gasteiger partial charge in [-0.25, -0.2) is 9.97 Å². The fourth-order valence-electron chi connectivity index (χ4n) is 2.05. The first-order chi connectivity index (χ1) is 7.72. The van der Waals surface area contributed by atoms with E-state index in [9.17, 15) is 0 Å². The van der Waals surface area contributed by atoms with Gasteiger partial charge in [0.15, 0.2) is 0 Å². The van der Waals surface area contributed by atoms with Crippen LogP contribution < -0.4 is 11.1 Å². The molecule has 1 heterocycles. The van der Waals surface area contributed by atoms with Crippen molar-refractivity contribution in [2.24, 2.45) is 5.73 Å². The molecular formula is C12H20N4. The maximum Gasteiger partial charge on any atom is 0.133 e. The number of aromatic nitrogens is 2. The Kier molecular flexibility index (Phi) is 3.39. The second-order valence-corrected chi connectivity index (χ2v) is 4.58. The molecule has 1 aliphatic carbocycles. The molecule has 16 heavy (non-hydrogen) atoms. The Balaban J connectivity index is 2.33. The van der Waals surface area contributed by atoms with E-state index in [0.29, 0.717) is 12.5 Å². The number of fused-ring (bicyclic) bond motifs is 1. The molecule has 3 N–H and O–H groups in total. The minimum absolute atomic E-state index is 0.379. The first-order valence-corrected chi connectivity index (χ1v) is 6.06. The normalized spacial score (nSPS) is 14.2. The summed E-state index contributed by atoms with van der Waals surface area (Å²) in [4.78, 5) is 9.24. The minimum Gasteiger partial charge on any atom is -0.368 e. The van der Waals surface area contributed by atoms with Gasteiger partial charge in [0.1, 0.15) is 11.6 Å². The predicted molar refractivity (Wildman–Crippen MR) is 65.7 cm³/mol. The third kappa shape index (κ3) is 2.16. The molecule has 4 heteroatoms. The van der Waals surface area contributed by atoms with Crippen molar-refractivity contribution in [3.63, 3.8) is 0 Å². The zero-order valence-electron chi connectivity index (χ0n) is 10.1. The van der Waals surface area contributed by atoms with Gasteiger partial charge in [0.2, 0.25) is 0 Å². The number of nitrogens with zero attached hydrogens (tertiary/aromatic N) is 2. The quantitative estimate of drug-likeness (QED) is 0.806. The summed E-state index contributed by atoms with van der Waals surface area (Å²) in [5.41, 5.74) is 8.05. The Morgan fingerprint density at radius 3 is 2.81 bits per heavy atom. The molecule has 1 aliphatic rings. The monoisotopic (exact) mass is 220 g/mol. The van der Waals surface area contributed by atoms with Gasteiger partial charge >= 0.3 is 0 Å². The van der Waals surface area contributed by atoms with Crippen molar-refractivity contribution in [2.45, 2.75) is 39.0 Å². The van der Waals surface area contributed by atoms with E-state index in [1.807, 2.05) is 0 Å². The highest BCUT2D eigenvalue weighted by molar-refractivity contribution is 5.49. The van der Waals surface area contributed by atoms with Crippen LogP contribution in [0.1, 0.15) is 43.3 Å². The number of anilines is 1. The minimum atomic E-state index is 0.379. The lowest BCUT2D eigenvalue weighted by Crippen LogP contribution is -2.16. The second-order valence-electron chi connectivity index (χ2n) is 4.58. The SMILES string of the molecule is CC(C)c1nc2c(c(NCCN)n1)CCC2. The third-order valence-electron chi connectivity index (χ3n) is 2.90. The zero-order valence-corrected chi connectivity index (χ0v) is 10.1. The molecular weight excluding hydrogens is 200 g/mol. The number of nitrogens with two attached hydrogens (primary N) is 1. The molecule has 0 atom stereocenters. The molecule has 4 nitrogen and oxygen atoms in total. The van der Waals surface area contributed by atoms with Crippen molar-refractivity contribution in [3.05, 3.63) is 17.1 Å². The van der Waals surface area contributed by atoms with Crippen LogP contribution in [0.3, 0.4) is 0 Å². The van der Waals surface area contributed by atoms with E-state index < -0.39 is 0 Å². The predicted octanol–water partition coefficient (Wildman–Crippen LogP) is 1.46. The highest BCUT2D eigenvalue weighted by Crippen LogP contribution is 2.27. The van der Waals surface area contributed by atoms with Crippen LogP contribution in [0.4, 0.5) is 5.82 Å². The van der Waals surface area contributed by atoms with Crippen LogP contribution in [-0.2, 0) is 12.8 Å². The average molecular weight is 220 g/mol. The lowest BCUT2D eigenvalue weighted by Gasteiger charge is -2.13. The van der Waals surface area contributed by atoms with Crippen LogP contribution in [0.15, 0.2) is 0 Å². The molecule has 0 unspecified atom stereocenters. The smallest absolute Gasteiger partial charge is 0.133 e. The largest absolute Gasteiger partial charge is 0.368 e. The molecule has 2 rings (SSSR count). The molecule has 1 aromatic rings. The topological polar surface area (TPSA) is 63.8 Å². The van der Waals surface area contributed by atoms with Gasteiger partial charge in [-0.3, -0.25) is 0 Å². The Morgan fingerprint density at radius 2 is 2.12 bits per heavy atom. The molecule has 1 aromatic heterocycles. The van der Waals surface area contributed by atoms with Crippen LogP contribution in [0, 0.1) is 0 Å². The Morgan fingerprint density at radius 1 is 1.31 bits per heavy atom. The van der Waals surface area contributed by atoms with Crippen molar-refractivity contribution >= 4 is 5.82 Å². The van der Waals surface area contributed by atoms with Crippen molar-refractivity contribution in [1.82, 2.24) is 9.97 Å². The third-order valence-corrected chi connectivity index (χ3v) is 2.90. The number of rotatable bonds is 4. The lowest BCUT2D eigenvalue weighted by molar-refractivity contribution is 0.760. The van der Waals surface area contributed by atoms with E-state index in [2.05, 4.69) is 29.1 Å². The standard InChI is InChI=1S/C12H20N4/c1-8(2)11-15-10-5-3-4-9(10)12(16-11)14-7-6-13/h8H,3-7,13H2,1-2H3,(H,14,15,16). The van der Waals surface area contributed by atoms with Crippen molar-refractivity contribution in [2.75, 3.05) is 18.4 Å². The number of aryl methyl sites for hydroxylation is 1. The fourth-order valence-corrected chi connectivity index (χ4v) is 2.05. The molecule has 0 saturated heterocycles. The molecule has 0 aliphatic heterocycles. The van der Waals surface area contributed by atoms with Crippen molar-refractivity contribution in [1.29, 1.82) is 0 Å². The maximum absolute atomic E-state index is 5.51. The first-order valence-electron chi connectivity index (χ1n) is 6.06. The zero-order chi connectivity index (χ0) is 11.5. The van der Waals surface area contributed by atoms with Crippen LogP contribution in [0.2, 0.25) is 0 Å². The van der Waals surface area contributed by atoms with E-state index in [1.54, 1.807) is 0 Å². The van der Waals surface area contributed by atoms with Crippen LogP contribution in [0.5, 0.6) is 0 Å². The summed E-state index contributed by atoms with van der Waals surface area (Å²) in [7, 11) is 0. The summed E-state index contributed by atoms with van der Waals surface area (Å²) in [5, 5.41) is 3.31. The molecule has 0 radical (unpaired) electrons. The summed E-state index contributed by atoms with van der Waals surface area (Å²) < 4.78 is 0. The van der Waals surface area contributed by atoms with Gasteiger partial charge in [-0.05, 0) is 19.3 Å². The highest BCUT2D eigenvalue weighted by Gasteiger charge is 2.19. The molecule has 88 valence electrons. The van der Waals surface area contributed by atoms with Gasteiger partial charge in [0.25, 0.3) is 0 Å². The summed E-state index contributed by atoms with van der Waals surface area (Å²) in [6, 6.07) is 0. The van der Waals surface area contributed by atoms with Gasteiger partial charge in [-0.1, -0.05) is 13.8 Å². The van der Waals surface area contributed by atoms with Crippen LogP contribution >= 0.6 is 0 Å². The van der Waals surface area contributed by atoms with E-state index in [4.69, 9.17) is 5.73 Å². The van der Waals surface area contributed by atoms with Gasteiger partial charge in [-0.15, -0.1) is 0 Å². The Hall–Kier alpha value is -1.16. The van der Waals surface area contributed by atoms with E-state index >= 15 is 0 Å². The maximum atomic E-state index is 5.51. The van der Waals surface area contributed by atoms with Crippen molar-refractivity contribution < 1.29 is 0 Å². The summed E-state index contributed by atoms with van der Waals surface area (Å²) >= 11 is 0. The second kappa shape index (κ2) is 4.78. The first kappa shape index (κ1) is 11.3. The van der Waals surface area contributed by atoms with Crippen LogP contribution in [-0.4, -0.2) is 23.1 Å². The van der Waals surface area contributed by atoms with Crippen LogP contribution in [0.25, 0.3) is 0 Å². The molecule has 0 spiro atoms. The van der Waals surface area contributed by atoms with Gasteiger partial charge in [-0.2, -0.15) is 0 Å². The van der Waals surface area contributed by atoms with E-state index in [1.165, 1.54) is 17.7 Å². The fraction of sp³-hybridized carbons (Fsp3) is 0.667. The number of hydrogen-bond donors (Lipinski definition) is 2. The summed E-state index contributed by atoms with van der Waals surface area (Å²) in [5.74, 6) is 2.33. The van der Waals surface area contributed by atoms with Gasteiger partial charge in [0, 0.05) is 30.3 Å². The molecule has 0 bridgehead atoms. The molecule has 0 aromatic carbocycles. The Bertz CT molecular complexity index is 374. The van der Waals surface area contributed by atoms with E-state index in [0.717, 1.165) is 31.0 Å². The van der Waals surface area contributed by atoms with E-state index in [-0.39, 0.29) is 0 Å². The highest BCUT2D eigenvalue weighted by atomic mass is 15.0. The summed E-state index contributed by atoms with van der Waals surface area (Å²) in [6.45, 7) is 5.67. The summed E-state index contributed by atoms with van der Waals surface area (Å²) in [6.07, 6.45) is 3.39. The Labute approximate surface area is 96.7 Å². The average Bonchev–Trinajstić information content (AvgIpc) is 2.73. The van der Waals surface area contributed by atoms with Gasteiger partial charge in [0.05, 0.1) is 0 Å². The lowest BCUT2D eigenvalue weighted by atomic mass is 10.1. The number of nitrogens with one attached hydrogen (secondary N) is 1. The number of hydrogen-bond acceptors (Lipinski definition) is 4. The molecule has 0 fully saturated rings. The molecule has 0 saturated carbocycles. The van der Waals surface area contributed by atoms with Crippen molar-refractivity contribution in [3.8, 4) is 0 Å². The molecule has 0 amide bonds. The van der Waals surface area contributed by atoms with Gasteiger partial charge < -0.3 is 11.1 Å².